The minimum atomic E-state index is -1.93. The van der Waals surface area contributed by atoms with Crippen LogP contribution in [0.25, 0.3) is 0 Å². The standard InChI is InChI=1S/C73H122O12/c1-4-7-10-13-16-19-22-25-28-31-33-36-38-41-44-47-50-53-56-59-65(74)81-62-64(83-66(75)60-57-54-51-48-45-42-40-37-34-32-29-26-23-20-17-14-11-8-5-2)63-82-73-71(69(78)68(77)70(85-73)72(79)80)84-67(76)61-58-55-52-49-46-43-39-35-30-27-24-21-18-15-12-9-6-3/h9,12,16,18-19,21,25,27-28,30,33,36,39,43,49,52,64,68-71,73,77-78H,4-8,10-11,13-15,17,20,22-24,26,29,31-32,34-35,37-38,40-42,44-48,50-51,53-63H2,1-3H3,(H,79,80)/b12-9-,19-16-,21-18-,28-25-,30-27-,36-33-,43-39-,52-49-. The van der Waals surface area contributed by atoms with Gasteiger partial charge in [-0.05, 0) is 96.3 Å². The van der Waals surface area contributed by atoms with Gasteiger partial charge in [0.2, 0.25) is 0 Å². The fourth-order valence-electron chi connectivity index (χ4n) is 9.94. The molecular weight excluding hydrogens is 1070 g/mol. The molecule has 0 saturated carbocycles. The van der Waals surface area contributed by atoms with Crippen LogP contribution in [0.4, 0.5) is 0 Å². The van der Waals surface area contributed by atoms with Crippen LogP contribution in [0, 0.1) is 0 Å². The molecule has 1 aliphatic rings. The molecular formula is C73H122O12. The lowest BCUT2D eigenvalue weighted by Gasteiger charge is -2.40. The predicted octanol–water partition coefficient (Wildman–Crippen LogP) is 18.8. The summed E-state index contributed by atoms with van der Waals surface area (Å²) in [6.45, 7) is 5.86. The second kappa shape index (κ2) is 59.9. The highest BCUT2D eigenvalue weighted by molar-refractivity contribution is 5.74. The van der Waals surface area contributed by atoms with Crippen molar-refractivity contribution >= 4 is 23.9 Å². The first-order valence-corrected chi connectivity index (χ1v) is 34.2. The molecule has 0 aromatic rings. The summed E-state index contributed by atoms with van der Waals surface area (Å²) in [6, 6.07) is 0. The van der Waals surface area contributed by atoms with Crippen molar-refractivity contribution in [1.29, 1.82) is 0 Å². The van der Waals surface area contributed by atoms with Gasteiger partial charge in [0.05, 0.1) is 6.61 Å². The van der Waals surface area contributed by atoms with E-state index in [2.05, 4.69) is 106 Å². The normalized spacial score (nSPS) is 18.1. The van der Waals surface area contributed by atoms with Crippen molar-refractivity contribution in [3.05, 3.63) is 97.2 Å². The van der Waals surface area contributed by atoms with Crippen LogP contribution in [-0.4, -0.2) is 89.2 Å². The SMILES string of the molecule is CC/C=C\C/C=C\C/C=C\C/C=C\C/C=C\CCCC(=O)OC1C(OCC(COC(=O)CCCCCCCC/C=C\C/C=C\C/C=C\CCCCC)OC(=O)CCCCCCCCCCCCCCCCCCCCC)OC(C(=O)O)C(O)C1O. The fraction of sp³-hybridized carbons (Fsp3) is 0.726. The van der Waals surface area contributed by atoms with Crippen LogP contribution in [0.2, 0.25) is 0 Å². The maximum Gasteiger partial charge on any atom is 0.335 e. The van der Waals surface area contributed by atoms with Crippen LogP contribution in [0.5, 0.6) is 0 Å². The quantitative estimate of drug-likeness (QED) is 0.0228. The van der Waals surface area contributed by atoms with Crippen LogP contribution in [0.3, 0.4) is 0 Å². The highest BCUT2D eigenvalue weighted by Crippen LogP contribution is 2.26. The third-order valence-corrected chi connectivity index (χ3v) is 15.1. The molecule has 6 unspecified atom stereocenters. The van der Waals surface area contributed by atoms with E-state index in [9.17, 15) is 34.5 Å². The number of carboxylic acids is 1. The summed E-state index contributed by atoms with van der Waals surface area (Å²) in [5.41, 5.74) is 0. The maximum atomic E-state index is 13.2. The van der Waals surface area contributed by atoms with Gasteiger partial charge >= 0.3 is 23.9 Å². The van der Waals surface area contributed by atoms with Gasteiger partial charge in [0.25, 0.3) is 0 Å². The maximum absolute atomic E-state index is 13.2. The predicted molar refractivity (Wildman–Crippen MR) is 349 cm³/mol. The minimum absolute atomic E-state index is 0.0216. The molecule has 12 heteroatoms. The molecule has 0 bridgehead atoms. The molecule has 1 saturated heterocycles. The van der Waals surface area contributed by atoms with Gasteiger partial charge in [-0.1, -0.05) is 272 Å². The Morgan fingerprint density at radius 1 is 0.400 bits per heavy atom. The van der Waals surface area contributed by atoms with E-state index in [1.165, 1.54) is 122 Å². The number of unbranched alkanes of at least 4 members (excludes halogenated alkanes) is 28. The summed E-state index contributed by atoms with van der Waals surface area (Å²) < 4.78 is 28.5. The number of carbonyl (C=O) groups is 4. The van der Waals surface area contributed by atoms with Crippen molar-refractivity contribution < 1.29 is 58.2 Å². The number of rotatable bonds is 58. The monoisotopic (exact) mass is 1190 g/mol. The van der Waals surface area contributed by atoms with E-state index in [0.29, 0.717) is 25.7 Å². The molecule has 3 N–H and O–H groups in total. The Hall–Kier alpha value is -4.36. The van der Waals surface area contributed by atoms with Crippen molar-refractivity contribution in [3.8, 4) is 0 Å². The number of carbonyl (C=O) groups excluding carboxylic acids is 3. The van der Waals surface area contributed by atoms with Gasteiger partial charge in [-0.15, -0.1) is 0 Å². The summed E-state index contributed by atoms with van der Waals surface area (Å²) >= 11 is 0. The second-order valence-electron chi connectivity index (χ2n) is 23.1. The van der Waals surface area contributed by atoms with Gasteiger partial charge in [0.15, 0.2) is 24.6 Å². The molecule has 1 aliphatic heterocycles. The summed E-state index contributed by atoms with van der Waals surface area (Å²) in [6.07, 6.45) is 67.9. The molecule has 0 spiro atoms. The average Bonchev–Trinajstić information content (AvgIpc) is 2.83. The number of aliphatic carboxylic acids is 1. The number of esters is 3. The topological polar surface area (TPSA) is 175 Å². The van der Waals surface area contributed by atoms with E-state index < -0.39 is 67.3 Å². The van der Waals surface area contributed by atoms with Gasteiger partial charge in [0, 0.05) is 19.3 Å². The van der Waals surface area contributed by atoms with Gasteiger partial charge in [0.1, 0.15) is 18.8 Å². The van der Waals surface area contributed by atoms with E-state index in [0.717, 1.165) is 103 Å². The number of hydrogen-bond donors (Lipinski definition) is 3. The Morgan fingerprint density at radius 2 is 0.753 bits per heavy atom. The highest BCUT2D eigenvalue weighted by Gasteiger charge is 2.50. The molecule has 0 aromatic heterocycles. The Labute approximate surface area is 517 Å². The number of aliphatic hydroxyl groups is 2. The van der Waals surface area contributed by atoms with Crippen LogP contribution in [0.1, 0.15) is 290 Å². The molecule has 0 aromatic carbocycles. The molecule has 6 atom stereocenters. The molecule has 85 heavy (non-hydrogen) atoms. The van der Waals surface area contributed by atoms with Crippen LogP contribution in [-0.2, 0) is 42.9 Å². The number of hydrogen-bond acceptors (Lipinski definition) is 11. The van der Waals surface area contributed by atoms with E-state index in [-0.39, 0.29) is 25.9 Å². The van der Waals surface area contributed by atoms with Gasteiger partial charge in [-0.2, -0.15) is 0 Å². The number of aliphatic hydroxyl groups excluding tert-OH is 2. The lowest BCUT2D eigenvalue weighted by Crippen LogP contribution is -2.61. The van der Waals surface area contributed by atoms with Crippen molar-refractivity contribution in [2.45, 2.75) is 327 Å². The van der Waals surface area contributed by atoms with E-state index in [4.69, 9.17) is 23.7 Å². The molecule has 486 valence electrons. The summed E-state index contributed by atoms with van der Waals surface area (Å²) in [5.74, 6) is -3.20. The zero-order valence-corrected chi connectivity index (χ0v) is 53.8. The van der Waals surface area contributed by atoms with Crippen molar-refractivity contribution in [2.75, 3.05) is 13.2 Å². The number of allylic oxidation sites excluding steroid dienone is 16. The van der Waals surface area contributed by atoms with Crippen molar-refractivity contribution in [1.82, 2.24) is 0 Å². The summed E-state index contributed by atoms with van der Waals surface area (Å²) in [5, 5.41) is 31.6. The molecule has 0 amide bonds. The van der Waals surface area contributed by atoms with E-state index >= 15 is 0 Å². The van der Waals surface area contributed by atoms with Crippen molar-refractivity contribution in [3.63, 3.8) is 0 Å². The summed E-state index contributed by atoms with van der Waals surface area (Å²) in [4.78, 5) is 51.4. The molecule has 1 rings (SSSR count). The van der Waals surface area contributed by atoms with Gasteiger partial charge < -0.3 is 39.0 Å². The number of carboxylic acid groups (broad SMARTS) is 1. The Kier molecular flexibility index (Phi) is 55.5. The second-order valence-corrected chi connectivity index (χ2v) is 23.1. The first kappa shape index (κ1) is 78.7. The minimum Gasteiger partial charge on any atom is -0.479 e. The molecule has 0 aliphatic carbocycles. The zero-order valence-electron chi connectivity index (χ0n) is 53.8. The third kappa shape index (κ3) is 49.3. The summed E-state index contributed by atoms with van der Waals surface area (Å²) in [7, 11) is 0. The fourth-order valence-corrected chi connectivity index (χ4v) is 9.94. The van der Waals surface area contributed by atoms with Crippen LogP contribution >= 0.6 is 0 Å². The number of ether oxygens (including phenoxy) is 5. The van der Waals surface area contributed by atoms with Gasteiger partial charge in [-0.3, -0.25) is 14.4 Å². The molecule has 1 fully saturated rings. The smallest absolute Gasteiger partial charge is 0.335 e. The Bertz CT molecular complexity index is 1840. The Balaban J connectivity index is 2.68. The highest BCUT2D eigenvalue weighted by atomic mass is 16.7. The molecule has 12 nitrogen and oxygen atoms in total. The lowest BCUT2D eigenvalue weighted by atomic mass is 9.98. The van der Waals surface area contributed by atoms with Crippen LogP contribution in [0.15, 0.2) is 97.2 Å². The lowest BCUT2D eigenvalue weighted by molar-refractivity contribution is -0.301. The first-order valence-electron chi connectivity index (χ1n) is 34.2. The van der Waals surface area contributed by atoms with Crippen molar-refractivity contribution in [2.24, 2.45) is 0 Å². The van der Waals surface area contributed by atoms with E-state index in [1.54, 1.807) is 0 Å². The van der Waals surface area contributed by atoms with Gasteiger partial charge in [-0.25, -0.2) is 4.79 Å². The third-order valence-electron chi connectivity index (χ3n) is 15.1. The first-order chi connectivity index (χ1) is 41.6. The van der Waals surface area contributed by atoms with E-state index in [1.807, 2.05) is 12.2 Å². The van der Waals surface area contributed by atoms with Crippen LogP contribution < -0.4 is 0 Å². The molecule has 0 radical (unpaired) electrons. The average molecular weight is 1190 g/mol. The molecule has 1 heterocycles. The Morgan fingerprint density at radius 3 is 1.19 bits per heavy atom. The zero-order chi connectivity index (χ0) is 61.7. The largest absolute Gasteiger partial charge is 0.479 e.